The van der Waals surface area contributed by atoms with E-state index < -0.39 is 0 Å². The van der Waals surface area contributed by atoms with Crippen LogP contribution in [0.3, 0.4) is 0 Å². The zero-order valence-electron chi connectivity index (χ0n) is 15.9. The Morgan fingerprint density at radius 1 is 1.27 bits per heavy atom. The summed E-state index contributed by atoms with van der Waals surface area (Å²) in [6.45, 7) is 12.5. The molecule has 1 aromatic heterocycles. The second-order valence-electron chi connectivity index (χ2n) is 7.94. The summed E-state index contributed by atoms with van der Waals surface area (Å²) in [5.74, 6) is 0.334. The van der Waals surface area contributed by atoms with Gasteiger partial charge in [0.25, 0.3) is 0 Å². The molecule has 3 rings (SSSR count). The molecule has 0 unspecified atom stereocenters. The highest BCUT2D eigenvalue weighted by molar-refractivity contribution is 5.88. The van der Waals surface area contributed by atoms with Crippen molar-refractivity contribution in [3.8, 4) is 0 Å². The van der Waals surface area contributed by atoms with Crippen LogP contribution in [-0.2, 0) is 11.3 Å². The fourth-order valence-electron chi connectivity index (χ4n) is 3.35. The molecule has 0 bridgehead atoms. The van der Waals surface area contributed by atoms with Crippen molar-refractivity contribution in [2.45, 2.75) is 39.3 Å². The first-order valence-electron chi connectivity index (χ1n) is 9.21. The van der Waals surface area contributed by atoms with Crippen molar-refractivity contribution in [2.24, 2.45) is 5.73 Å². The molecule has 2 aromatic rings. The minimum absolute atomic E-state index is 0.235. The number of piperazine rings is 1. The molecular weight excluding hydrogens is 330 g/mol. The molecule has 0 atom stereocenters. The lowest BCUT2D eigenvalue weighted by Gasteiger charge is -2.42. The van der Waals surface area contributed by atoms with Crippen LogP contribution in [-0.4, -0.2) is 59.1 Å². The van der Waals surface area contributed by atoms with Gasteiger partial charge in [-0.1, -0.05) is 11.2 Å². The molecule has 1 aliphatic rings. The van der Waals surface area contributed by atoms with Crippen LogP contribution in [0.15, 0.2) is 22.7 Å². The first-order chi connectivity index (χ1) is 12.3. The minimum atomic E-state index is -0.333. The lowest BCUT2D eigenvalue weighted by Crippen LogP contribution is -2.53. The zero-order chi connectivity index (χ0) is 18.7. The SMILES string of the molecule is CC(C)(C)N1CCN(Cc2ccc3onc(NCCC(N)=O)c3c2)CC1. The Bertz CT molecular complexity index is 757. The number of nitrogens with one attached hydrogen (secondary N) is 1. The van der Waals surface area contributed by atoms with E-state index in [1.807, 2.05) is 6.07 Å². The highest BCUT2D eigenvalue weighted by atomic mass is 16.5. The van der Waals surface area contributed by atoms with Gasteiger partial charge in [-0.3, -0.25) is 14.6 Å². The van der Waals surface area contributed by atoms with Crippen molar-refractivity contribution >= 4 is 22.7 Å². The molecule has 2 heterocycles. The van der Waals surface area contributed by atoms with E-state index >= 15 is 0 Å². The second-order valence-corrected chi connectivity index (χ2v) is 7.94. The number of hydrogen-bond acceptors (Lipinski definition) is 6. The summed E-state index contributed by atoms with van der Waals surface area (Å²) in [6, 6.07) is 6.17. The number of rotatable bonds is 6. The molecule has 26 heavy (non-hydrogen) atoms. The molecule has 1 aliphatic heterocycles. The molecule has 142 valence electrons. The normalized spacial score (nSPS) is 16.9. The molecule has 1 fully saturated rings. The molecule has 7 nitrogen and oxygen atoms in total. The number of nitrogens with two attached hydrogens (primary N) is 1. The van der Waals surface area contributed by atoms with Gasteiger partial charge in [0.05, 0.1) is 5.39 Å². The number of benzene rings is 1. The van der Waals surface area contributed by atoms with Crippen LogP contribution in [0.5, 0.6) is 0 Å². The van der Waals surface area contributed by atoms with Gasteiger partial charge in [0.2, 0.25) is 5.91 Å². The predicted octanol–water partition coefficient (Wildman–Crippen LogP) is 2.03. The Kier molecular flexibility index (Phi) is 5.48. The fourth-order valence-corrected chi connectivity index (χ4v) is 3.35. The maximum atomic E-state index is 10.9. The van der Waals surface area contributed by atoms with Crippen LogP contribution in [0.1, 0.15) is 32.8 Å². The lowest BCUT2D eigenvalue weighted by molar-refractivity contribution is -0.117. The Morgan fingerprint density at radius 2 is 2.00 bits per heavy atom. The zero-order valence-corrected chi connectivity index (χ0v) is 15.9. The summed E-state index contributed by atoms with van der Waals surface area (Å²) in [5.41, 5.74) is 7.39. The highest BCUT2D eigenvalue weighted by Gasteiger charge is 2.25. The van der Waals surface area contributed by atoms with Crippen molar-refractivity contribution in [1.29, 1.82) is 0 Å². The number of fused-ring (bicyclic) bond motifs is 1. The molecule has 0 radical (unpaired) electrons. The largest absolute Gasteiger partial charge is 0.370 e. The van der Waals surface area contributed by atoms with Crippen LogP contribution in [0.2, 0.25) is 0 Å². The Morgan fingerprint density at radius 3 is 2.65 bits per heavy atom. The van der Waals surface area contributed by atoms with Crippen LogP contribution < -0.4 is 11.1 Å². The van der Waals surface area contributed by atoms with E-state index in [0.29, 0.717) is 12.4 Å². The standard InChI is InChI=1S/C19H29N5O2/c1-19(2,3)24-10-8-23(9-11-24)13-14-4-5-16-15(12-14)18(22-26-16)21-7-6-17(20)25/h4-5,12H,6-11,13H2,1-3H3,(H2,20,25)(H,21,22). The summed E-state index contributed by atoms with van der Waals surface area (Å²) in [6.07, 6.45) is 0.270. The average molecular weight is 359 g/mol. The Labute approximate surface area is 154 Å². The molecule has 1 amide bonds. The van der Waals surface area contributed by atoms with E-state index in [4.69, 9.17) is 10.3 Å². The third-order valence-electron chi connectivity index (χ3n) is 4.93. The lowest BCUT2D eigenvalue weighted by atomic mass is 10.0. The van der Waals surface area contributed by atoms with Gasteiger partial charge in [0.15, 0.2) is 11.4 Å². The fraction of sp³-hybridized carbons (Fsp3) is 0.579. The van der Waals surface area contributed by atoms with Gasteiger partial charge < -0.3 is 15.6 Å². The summed E-state index contributed by atoms with van der Waals surface area (Å²) < 4.78 is 5.35. The maximum absolute atomic E-state index is 10.9. The average Bonchev–Trinajstić information content (AvgIpc) is 2.97. The molecule has 0 spiro atoms. The van der Waals surface area contributed by atoms with Crippen LogP contribution in [0.25, 0.3) is 11.0 Å². The molecule has 0 saturated carbocycles. The van der Waals surface area contributed by atoms with Gasteiger partial charge in [-0.05, 0) is 38.5 Å². The van der Waals surface area contributed by atoms with Gasteiger partial charge >= 0.3 is 0 Å². The summed E-state index contributed by atoms with van der Waals surface area (Å²) >= 11 is 0. The van der Waals surface area contributed by atoms with Gasteiger partial charge in [0, 0.05) is 51.2 Å². The molecular formula is C19H29N5O2. The van der Waals surface area contributed by atoms with E-state index in [2.05, 4.69) is 53.2 Å². The number of amides is 1. The smallest absolute Gasteiger partial charge is 0.219 e. The van der Waals surface area contributed by atoms with Crippen LogP contribution in [0.4, 0.5) is 5.82 Å². The van der Waals surface area contributed by atoms with Crippen molar-refractivity contribution < 1.29 is 9.32 Å². The van der Waals surface area contributed by atoms with E-state index in [9.17, 15) is 4.79 Å². The third-order valence-corrected chi connectivity index (χ3v) is 4.93. The van der Waals surface area contributed by atoms with Crippen molar-refractivity contribution in [2.75, 3.05) is 38.0 Å². The van der Waals surface area contributed by atoms with Gasteiger partial charge in [-0.25, -0.2) is 0 Å². The Balaban J connectivity index is 1.63. The molecule has 7 heteroatoms. The molecule has 3 N–H and O–H groups in total. The number of carbonyl (C=O) groups excluding carboxylic acids is 1. The number of hydrogen-bond donors (Lipinski definition) is 2. The summed E-state index contributed by atoms with van der Waals surface area (Å²) in [4.78, 5) is 15.9. The van der Waals surface area contributed by atoms with Crippen molar-refractivity contribution in [3.05, 3.63) is 23.8 Å². The van der Waals surface area contributed by atoms with E-state index in [-0.39, 0.29) is 17.9 Å². The number of carbonyl (C=O) groups is 1. The first-order valence-corrected chi connectivity index (χ1v) is 9.21. The van der Waals surface area contributed by atoms with E-state index in [1.165, 1.54) is 5.56 Å². The highest BCUT2D eigenvalue weighted by Crippen LogP contribution is 2.25. The van der Waals surface area contributed by atoms with Gasteiger partial charge in [-0.15, -0.1) is 0 Å². The van der Waals surface area contributed by atoms with Crippen molar-refractivity contribution in [1.82, 2.24) is 15.0 Å². The number of nitrogens with zero attached hydrogens (tertiary/aromatic N) is 3. The molecule has 1 aromatic carbocycles. The minimum Gasteiger partial charge on any atom is -0.370 e. The van der Waals surface area contributed by atoms with E-state index in [1.54, 1.807) is 0 Å². The van der Waals surface area contributed by atoms with Crippen molar-refractivity contribution in [3.63, 3.8) is 0 Å². The van der Waals surface area contributed by atoms with Crippen LogP contribution >= 0.6 is 0 Å². The summed E-state index contributed by atoms with van der Waals surface area (Å²) in [5, 5.41) is 8.13. The third kappa shape index (κ3) is 4.53. The molecule has 1 saturated heterocycles. The Hall–Kier alpha value is -2.12. The van der Waals surface area contributed by atoms with E-state index in [0.717, 1.165) is 43.7 Å². The number of anilines is 1. The predicted molar refractivity (Wildman–Crippen MR) is 103 cm³/mol. The summed E-state index contributed by atoms with van der Waals surface area (Å²) in [7, 11) is 0. The quantitative estimate of drug-likeness (QED) is 0.821. The van der Waals surface area contributed by atoms with Crippen LogP contribution in [0, 0.1) is 0 Å². The van der Waals surface area contributed by atoms with Gasteiger partial charge in [0.1, 0.15) is 0 Å². The number of aromatic nitrogens is 1. The van der Waals surface area contributed by atoms with Gasteiger partial charge in [-0.2, -0.15) is 0 Å². The first kappa shape index (κ1) is 18.7. The monoisotopic (exact) mass is 359 g/mol. The second kappa shape index (κ2) is 7.63. The maximum Gasteiger partial charge on any atom is 0.219 e. The topological polar surface area (TPSA) is 87.6 Å². The number of primary amides is 1. The molecule has 0 aliphatic carbocycles.